The normalized spacial score (nSPS) is 11.0. The van der Waals surface area contributed by atoms with E-state index in [9.17, 15) is 4.79 Å². The second-order valence-corrected chi connectivity index (χ2v) is 7.09. The van der Waals surface area contributed by atoms with Crippen LogP contribution >= 0.6 is 11.3 Å². The van der Waals surface area contributed by atoms with E-state index in [4.69, 9.17) is 0 Å². The lowest BCUT2D eigenvalue weighted by Crippen LogP contribution is -2.07. The summed E-state index contributed by atoms with van der Waals surface area (Å²) in [7, 11) is 0. The van der Waals surface area contributed by atoms with Gasteiger partial charge in [0.05, 0.1) is 0 Å². The number of thiazole rings is 1. The SMILES string of the molecule is Cc1cccc(Cc2cnc(NC(=O)/C=C\c3ccccc3C)s2)c1. The minimum Gasteiger partial charge on any atom is -0.298 e. The zero-order valence-electron chi connectivity index (χ0n) is 14.3. The summed E-state index contributed by atoms with van der Waals surface area (Å²) in [5.41, 5.74) is 4.68. The largest absolute Gasteiger partial charge is 0.298 e. The summed E-state index contributed by atoms with van der Waals surface area (Å²) in [6.07, 6.45) is 6.03. The molecule has 3 rings (SSSR count). The van der Waals surface area contributed by atoms with Gasteiger partial charge < -0.3 is 0 Å². The second kappa shape index (κ2) is 7.90. The number of nitrogens with zero attached hydrogens (tertiary/aromatic N) is 1. The van der Waals surface area contributed by atoms with Crippen LogP contribution in [0.25, 0.3) is 6.08 Å². The highest BCUT2D eigenvalue weighted by molar-refractivity contribution is 7.15. The molecule has 126 valence electrons. The number of amides is 1. The number of hydrogen-bond donors (Lipinski definition) is 1. The van der Waals surface area contributed by atoms with Crippen LogP contribution in [-0.2, 0) is 11.2 Å². The van der Waals surface area contributed by atoms with E-state index in [-0.39, 0.29) is 5.91 Å². The fourth-order valence-corrected chi connectivity index (χ4v) is 3.41. The molecule has 0 atom stereocenters. The van der Waals surface area contributed by atoms with Gasteiger partial charge in [-0.3, -0.25) is 10.1 Å². The van der Waals surface area contributed by atoms with Gasteiger partial charge in [-0.1, -0.05) is 54.1 Å². The van der Waals surface area contributed by atoms with Gasteiger partial charge in [-0.25, -0.2) is 4.98 Å². The van der Waals surface area contributed by atoms with E-state index >= 15 is 0 Å². The predicted molar refractivity (Wildman–Crippen MR) is 105 cm³/mol. The zero-order chi connectivity index (χ0) is 17.6. The monoisotopic (exact) mass is 348 g/mol. The van der Waals surface area contributed by atoms with Crippen LogP contribution in [0.15, 0.2) is 60.8 Å². The molecule has 3 aromatic rings. The van der Waals surface area contributed by atoms with Gasteiger partial charge in [0.25, 0.3) is 0 Å². The summed E-state index contributed by atoms with van der Waals surface area (Å²) in [6.45, 7) is 4.11. The summed E-state index contributed by atoms with van der Waals surface area (Å²) in [4.78, 5) is 17.5. The third-order valence-corrected chi connectivity index (χ3v) is 4.76. The molecule has 0 unspecified atom stereocenters. The van der Waals surface area contributed by atoms with Crippen LogP contribution in [0.4, 0.5) is 5.13 Å². The molecule has 2 aromatic carbocycles. The van der Waals surface area contributed by atoms with Crippen molar-refractivity contribution in [1.29, 1.82) is 0 Å². The van der Waals surface area contributed by atoms with Gasteiger partial charge in [-0.15, -0.1) is 11.3 Å². The maximum atomic E-state index is 12.1. The predicted octanol–water partition coefficient (Wildman–Crippen LogP) is 5.00. The lowest BCUT2D eigenvalue weighted by atomic mass is 10.1. The average Bonchev–Trinajstić information content (AvgIpc) is 3.01. The molecule has 1 amide bonds. The molecule has 0 fully saturated rings. The van der Waals surface area contributed by atoms with Gasteiger partial charge >= 0.3 is 0 Å². The molecular formula is C21H20N2OS. The Bertz CT molecular complexity index is 912. The van der Waals surface area contributed by atoms with Crippen LogP contribution in [0, 0.1) is 13.8 Å². The summed E-state index contributed by atoms with van der Waals surface area (Å²) in [5, 5.41) is 3.46. The topological polar surface area (TPSA) is 42.0 Å². The van der Waals surface area contributed by atoms with E-state index in [1.54, 1.807) is 6.08 Å². The molecule has 1 aromatic heterocycles. The highest BCUT2D eigenvalue weighted by Crippen LogP contribution is 2.21. The van der Waals surface area contributed by atoms with Crippen molar-refractivity contribution in [1.82, 2.24) is 4.98 Å². The van der Waals surface area contributed by atoms with E-state index in [2.05, 4.69) is 41.5 Å². The fourth-order valence-electron chi connectivity index (χ4n) is 2.56. The molecule has 0 saturated carbocycles. The van der Waals surface area contributed by atoms with E-state index in [1.807, 2.05) is 43.5 Å². The minimum atomic E-state index is -0.167. The molecule has 0 saturated heterocycles. The first kappa shape index (κ1) is 17.1. The second-order valence-electron chi connectivity index (χ2n) is 5.98. The molecule has 0 bridgehead atoms. The Kier molecular flexibility index (Phi) is 5.41. The van der Waals surface area contributed by atoms with Gasteiger partial charge in [-0.05, 0) is 36.6 Å². The number of rotatable bonds is 5. The molecular weight excluding hydrogens is 328 g/mol. The van der Waals surface area contributed by atoms with Crippen LogP contribution in [0.3, 0.4) is 0 Å². The van der Waals surface area contributed by atoms with Gasteiger partial charge in [0.1, 0.15) is 0 Å². The molecule has 0 aliphatic rings. The third-order valence-electron chi connectivity index (χ3n) is 3.85. The number of anilines is 1. The molecule has 0 spiro atoms. The van der Waals surface area contributed by atoms with Crippen LogP contribution in [0.2, 0.25) is 0 Å². The third kappa shape index (κ3) is 4.88. The Morgan fingerprint density at radius 3 is 2.80 bits per heavy atom. The average molecular weight is 348 g/mol. The molecule has 0 aliphatic carbocycles. The molecule has 1 N–H and O–H groups in total. The Morgan fingerprint density at radius 1 is 1.16 bits per heavy atom. The number of aryl methyl sites for hydroxylation is 2. The summed E-state index contributed by atoms with van der Waals surface area (Å²) >= 11 is 1.51. The van der Waals surface area contributed by atoms with Gasteiger partial charge in [0.2, 0.25) is 5.91 Å². The Morgan fingerprint density at radius 2 is 2.00 bits per heavy atom. The molecule has 1 heterocycles. The minimum absolute atomic E-state index is 0.167. The van der Waals surface area contributed by atoms with E-state index < -0.39 is 0 Å². The summed E-state index contributed by atoms with van der Waals surface area (Å²) in [5.74, 6) is -0.167. The first-order valence-corrected chi connectivity index (χ1v) is 8.97. The van der Waals surface area contributed by atoms with Gasteiger partial charge in [0.15, 0.2) is 5.13 Å². The van der Waals surface area contributed by atoms with Crippen LogP contribution in [0.1, 0.15) is 27.1 Å². The molecule has 0 radical (unpaired) electrons. The van der Waals surface area contributed by atoms with Crippen LogP contribution in [0.5, 0.6) is 0 Å². The highest BCUT2D eigenvalue weighted by atomic mass is 32.1. The zero-order valence-corrected chi connectivity index (χ0v) is 15.1. The number of benzene rings is 2. The lowest BCUT2D eigenvalue weighted by molar-refractivity contribution is -0.111. The van der Waals surface area contributed by atoms with Gasteiger partial charge in [-0.2, -0.15) is 0 Å². The van der Waals surface area contributed by atoms with Crippen molar-refractivity contribution in [2.24, 2.45) is 0 Å². The molecule has 0 aliphatic heterocycles. The Balaban J connectivity index is 1.61. The molecule has 4 heteroatoms. The molecule has 3 nitrogen and oxygen atoms in total. The number of nitrogens with one attached hydrogen (secondary N) is 1. The molecule has 25 heavy (non-hydrogen) atoms. The number of hydrogen-bond acceptors (Lipinski definition) is 3. The maximum Gasteiger partial charge on any atom is 0.250 e. The van der Waals surface area contributed by atoms with Crippen molar-refractivity contribution in [2.75, 3.05) is 5.32 Å². The van der Waals surface area contributed by atoms with Gasteiger partial charge in [0, 0.05) is 23.6 Å². The number of aromatic nitrogens is 1. The van der Waals surface area contributed by atoms with Crippen molar-refractivity contribution in [2.45, 2.75) is 20.3 Å². The lowest BCUT2D eigenvalue weighted by Gasteiger charge is -2.00. The van der Waals surface area contributed by atoms with E-state index in [0.29, 0.717) is 5.13 Å². The fraction of sp³-hybridized carbons (Fsp3) is 0.143. The van der Waals surface area contributed by atoms with Crippen molar-refractivity contribution < 1.29 is 4.79 Å². The van der Waals surface area contributed by atoms with E-state index in [0.717, 1.165) is 22.4 Å². The summed E-state index contributed by atoms with van der Waals surface area (Å²) in [6, 6.07) is 16.4. The quantitative estimate of drug-likeness (QED) is 0.659. The smallest absolute Gasteiger partial charge is 0.250 e. The van der Waals surface area contributed by atoms with Crippen molar-refractivity contribution >= 4 is 28.5 Å². The standard InChI is InChI=1S/C21H20N2OS/c1-15-6-5-8-17(12-15)13-19-14-22-21(25-19)23-20(24)11-10-18-9-4-3-7-16(18)2/h3-12,14H,13H2,1-2H3,(H,22,23,24)/b11-10-. The van der Waals surface area contributed by atoms with Crippen molar-refractivity contribution in [3.05, 3.63) is 87.9 Å². The summed E-state index contributed by atoms with van der Waals surface area (Å²) < 4.78 is 0. The van der Waals surface area contributed by atoms with Crippen LogP contribution < -0.4 is 5.32 Å². The van der Waals surface area contributed by atoms with Crippen molar-refractivity contribution in [3.8, 4) is 0 Å². The van der Waals surface area contributed by atoms with Crippen molar-refractivity contribution in [3.63, 3.8) is 0 Å². The highest BCUT2D eigenvalue weighted by Gasteiger charge is 2.06. The van der Waals surface area contributed by atoms with Crippen LogP contribution in [-0.4, -0.2) is 10.9 Å². The first-order chi connectivity index (χ1) is 12.1. The Hall–Kier alpha value is -2.72. The maximum absolute atomic E-state index is 12.1. The Labute approximate surface area is 152 Å². The number of carbonyl (C=O) groups is 1. The number of carbonyl (C=O) groups excluding carboxylic acids is 1. The van der Waals surface area contributed by atoms with E-state index in [1.165, 1.54) is 22.5 Å². The first-order valence-electron chi connectivity index (χ1n) is 8.15.